The highest BCUT2D eigenvalue weighted by Crippen LogP contribution is 2.29. The Bertz CT molecular complexity index is 579. The van der Waals surface area contributed by atoms with E-state index in [4.69, 9.17) is 10.5 Å². The number of pyridine rings is 1. The van der Waals surface area contributed by atoms with Gasteiger partial charge in [-0.25, -0.2) is 0 Å². The van der Waals surface area contributed by atoms with Crippen molar-refractivity contribution in [2.75, 3.05) is 30.8 Å². The van der Waals surface area contributed by atoms with E-state index in [-0.39, 0.29) is 0 Å². The highest BCUT2D eigenvalue weighted by atomic mass is 16.5. The van der Waals surface area contributed by atoms with Gasteiger partial charge in [-0.1, -0.05) is 0 Å². The number of anilines is 2. The zero-order chi connectivity index (χ0) is 13.2. The van der Waals surface area contributed by atoms with E-state index in [0.29, 0.717) is 6.10 Å². The fourth-order valence-electron chi connectivity index (χ4n) is 2.68. The summed E-state index contributed by atoms with van der Waals surface area (Å²) in [6.45, 7) is 1.79. The fourth-order valence-corrected chi connectivity index (χ4v) is 2.68. The molecule has 0 radical (unpaired) electrons. The number of likely N-dealkylation sites (N-methyl/N-ethyl adjacent to an activating group) is 1. The Balaban J connectivity index is 1.93. The van der Waals surface area contributed by atoms with E-state index in [9.17, 15) is 0 Å². The Morgan fingerprint density at radius 3 is 3.11 bits per heavy atom. The lowest BCUT2D eigenvalue weighted by Crippen LogP contribution is -2.28. The summed E-state index contributed by atoms with van der Waals surface area (Å²) >= 11 is 0. The zero-order valence-corrected chi connectivity index (χ0v) is 11.2. The van der Waals surface area contributed by atoms with Gasteiger partial charge in [-0.15, -0.1) is 0 Å². The van der Waals surface area contributed by atoms with Crippen LogP contribution in [0.5, 0.6) is 0 Å². The van der Waals surface area contributed by atoms with Crippen LogP contribution in [0.25, 0.3) is 10.9 Å². The van der Waals surface area contributed by atoms with Gasteiger partial charge in [0.05, 0.1) is 17.3 Å². The number of fused-ring (bicyclic) bond motifs is 1. The molecule has 0 bridgehead atoms. The number of hydrogen-bond donors (Lipinski definition) is 1. The first-order chi connectivity index (χ1) is 9.25. The summed E-state index contributed by atoms with van der Waals surface area (Å²) in [6, 6.07) is 7.93. The zero-order valence-electron chi connectivity index (χ0n) is 11.2. The Morgan fingerprint density at radius 1 is 1.42 bits per heavy atom. The van der Waals surface area contributed by atoms with Crippen molar-refractivity contribution >= 4 is 22.3 Å². The van der Waals surface area contributed by atoms with Crippen LogP contribution in [0.3, 0.4) is 0 Å². The monoisotopic (exact) mass is 257 g/mol. The summed E-state index contributed by atoms with van der Waals surface area (Å²) in [5, 5.41) is 1.01. The third-order valence-corrected chi connectivity index (χ3v) is 3.69. The highest BCUT2D eigenvalue weighted by molar-refractivity contribution is 5.98. The van der Waals surface area contributed by atoms with E-state index in [0.717, 1.165) is 41.9 Å². The van der Waals surface area contributed by atoms with Crippen molar-refractivity contribution in [3.63, 3.8) is 0 Å². The summed E-state index contributed by atoms with van der Waals surface area (Å²) < 4.78 is 5.69. The Kier molecular flexibility index (Phi) is 3.25. The molecule has 1 aromatic heterocycles. The molecule has 3 rings (SSSR count). The molecule has 1 aliphatic rings. The van der Waals surface area contributed by atoms with Gasteiger partial charge in [0.2, 0.25) is 0 Å². The predicted molar refractivity (Wildman–Crippen MR) is 78.4 cm³/mol. The average Bonchev–Trinajstić information content (AvgIpc) is 2.92. The first-order valence-electron chi connectivity index (χ1n) is 6.71. The van der Waals surface area contributed by atoms with Crippen molar-refractivity contribution < 1.29 is 4.74 Å². The van der Waals surface area contributed by atoms with Crippen molar-refractivity contribution in [1.82, 2.24) is 4.98 Å². The summed E-state index contributed by atoms with van der Waals surface area (Å²) in [5.74, 6) is 0. The van der Waals surface area contributed by atoms with Crippen LogP contribution >= 0.6 is 0 Å². The molecule has 1 aliphatic heterocycles. The number of hydrogen-bond acceptors (Lipinski definition) is 4. The van der Waals surface area contributed by atoms with Gasteiger partial charge >= 0.3 is 0 Å². The molecule has 2 heterocycles. The smallest absolute Gasteiger partial charge is 0.0955 e. The number of ether oxygens (including phenoxy) is 1. The molecule has 0 amide bonds. The van der Waals surface area contributed by atoms with E-state index in [2.05, 4.69) is 16.9 Å². The van der Waals surface area contributed by atoms with E-state index < -0.39 is 0 Å². The third kappa shape index (κ3) is 2.36. The average molecular weight is 257 g/mol. The van der Waals surface area contributed by atoms with Crippen LogP contribution in [0.15, 0.2) is 30.5 Å². The second kappa shape index (κ2) is 5.05. The van der Waals surface area contributed by atoms with Gasteiger partial charge in [-0.05, 0) is 37.1 Å². The first kappa shape index (κ1) is 12.2. The number of nitrogens with zero attached hydrogens (tertiary/aromatic N) is 2. The lowest BCUT2D eigenvalue weighted by atomic mass is 10.1. The Hall–Kier alpha value is -1.81. The van der Waals surface area contributed by atoms with E-state index in [1.54, 1.807) is 0 Å². The van der Waals surface area contributed by atoms with Crippen molar-refractivity contribution in [2.45, 2.75) is 18.9 Å². The lowest BCUT2D eigenvalue weighted by Gasteiger charge is -2.24. The van der Waals surface area contributed by atoms with Gasteiger partial charge in [0.25, 0.3) is 0 Å². The molecule has 100 valence electrons. The van der Waals surface area contributed by atoms with Gasteiger partial charge < -0.3 is 15.4 Å². The number of rotatable bonds is 3. The molecule has 19 heavy (non-hydrogen) atoms. The van der Waals surface area contributed by atoms with Crippen LogP contribution < -0.4 is 10.6 Å². The maximum atomic E-state index is 6.01. The normalized spacial score (nSPS) is 18.9. The minimum Gasteiger partial charge on any atom is -0.398 e. The highest BCUT2D eigenvalue weighted by Gasteiger charge is 2.19. The van der Waals surface area contributed by atoms with Gasteiger partial charge in [-0.2, -0.15) is 0 Å². The number of nitrogen functional groups attached to an aromatic ring is 1. The van der Waals surface area contributed by atoms with Crippen molar-refractivity contribution in [2.24, 2.45) is 0 Å². The van der Waals surface area contributed by atoms with Crippen LogP contribution in [0.1, 0.15) is 12.8 Å². The quantitative estimate of drug-likeness (QED) is 0.858. The maximum absolute atomic E-state index is 6.01. The molecule has 1 fully saturated rings. The molecule has 0 saturated carbocycles. The third-order valence-electron chi connectivity index (χ3n) is 3.69. The van der Waals surface area contributed by atoms with Crippen molar-refractivity contribution in [3.8, 4) is 0 Å². The van der Waals surface area contributed by atoms with Gasteiger partial charge in [-0.3, -0.25) is 4.98 Å². The molecule has 2 N–H and O–H groups in total. The molecule has 1 atom stereocenters. The van der Waals surface area contributed by atoms with Crippen LogP contribution in [0, 0.1) is 0 Å². The SMILES string of the molecule is CN(CC1CCCO1)c1ccc(N)c2cccnc12. The lowest BCUT2D eigenvalue weighted by molar-refractivity contribution is 0.116. The van der Waals surface area contributed by atoms with Gasteiger partial charge in [0.1, 0.15) is 0 Å². The van der Waals surface area contributed by atoms with Crippen molar-refractivity contribution in [1.29, 1.82) is 0 Å². The maximum Gasteiger partial charge on any atom is 0.0955 e. The summed E-state index contributed by atoms with van der Waals surface area (Å²) in [7, 11) is 2.08. The van der Waals surface area contributed by atoms with Crippen molar-refractivity contribution in [3.05, 3.63) is 30.5 Å². The Morgan fingerprint density at radius 2 is 2.32 bits per heavy atom. The second-order valence-electron chi connectivity index (χ2n) is 5.09. The second-order valence-corrected chi connectivity index (χ2v) is 5.09. The first-order valence-corrected chi connectivity index (χ1v) is 6.71. The predicted octanol–water partition coefficient (Wildman–Crippen LogP) is 2.43. The molecule has 1 unspecified atom stereocenters. The summed E-state index contributed by atoms with van der Waals surface area (Å²) in [5.41, 5.74) is 8.85. The number of benzene rings is 1. The van der Waals surface area contributed by atoms with E-state index >= 15 is 0 Å². The fraction of sp³-hybridized carbons (Fsp3) is 0.400. The standard InChI is InChI=1S/C15H19N3O/c1-18(10-11-4-3-9-19-11)14-7-6-13(16)12-5-2-8-17-15(12)14/h2,5-8,11H,3-4,9-10,16H2,1H3. The molecule has 2 aromatic rings. The number of aromatic nitrogens is 1. The van der Waals surface area contributed by atoms with Crippen LogP contribution in [0.4, 0.5) is 11.4 Å². The van der Waals surface area contributed by atoms with E-state index in [1.807, 2.05) is 30.5 Å². The molecule has 4 heteroatoms. The molecule has 1 aromatic carbocycles. The summed E-state index contributed by atoms with van der Waals surface area (Å²) in [6.07, 6.45) is 4.45. The van der Waals surface area contributed by atoms with Crippen LogP contribution in [-0.2, 0) is 4.74 Å². The summed E-state index contributed by atoms with van der Waals surface area (Å²) in [4.78, 5) is 6.69. The van der Waals surface area contributed by atoms with Crippen LogP contribution in [-0.4, -0.2) is 31.3 Å². The minimum atomic E-state index is 0.335. The largest absolute Gasteiger partial charge is 0.398 e. The molecular formula is C15H19N3O. The molecule has 0 spiro atoms. The van der Waals surface area contributed by atoms with Gasteiger partial charge in [0.15, 0.2) is 0 Å². The molecule has 0 aliphatic carbocycles. The molecule has 1 saturated heterocycles. The number of nitrogens with two attached hydrogens (primary N) is 1. The van der Waals surface area contributed by atoms with E-state index in [1.165, 1.54) is 6.42 Å². The van der Waals surface area contributed by atoms with Gasteiger partial charge in [0, 0.05) is 37.5 Å². The molecular weight excluding hydrogens is 238 g/mol. The molecule has 4 nitrogen and oxygen atoms in total. The minimum absolute atomic E-state index is 0.335. The topological polar surface area (TPSA) is 51.4 Å². The van der Waals surface area contributed by atoms with Crippen LogP contribution in [0.2, 0.25) is 0 Å². The Labute approximate surface area is 113 Å².